The first-order valence-electron chi connectivity index (χ1n) is 6.96. The Morgan fingerprint density at radius 2 is 1.95 bits per heavy atom. The summed E-state index contributed by atoms with van der Waals surface area (Å²) in [5, 5.41) is 10.1. The van der Waals surface area contributed by atoms with Gasteiger partial charge in [-0.1, -0.05) is 13.8 Å². The third-order valence-electron chi connectivity index (χ3n) is 2.58. The molecule has 1 rings (SSSR count). The van der Waals surface area contributed by atoms with Crippen molar-refractivity contribution in [1.82, 2.24) is 9.97 Å². The lowest BCUT2D eigenvalue weighted by Crippen LogP contribution is -2.21. The van der Waals surface area contributed by atoms with Gasteiger partial charge >= 0.3 is 5.97 Å². The molecule has 0 aliphatic rings. The minimum atomic E-state index is -1.20. The van der Waals surface area contributed by atoms with Gasteiger partial charge in [0.25, 0.3) is 0 Å². The molecule has 0 radical (unpaired) electrons. The second-order valence-electron chi connectivity index (χ2n) is 5.15. The second kappa shape index (κ2) is 7.40. The molecule has 0 fully saturated rings. The molecule has 6 heteroatoms. The fraction of sp³-hybridized carbons (Fsp3) is 0.714. The molecule has 0 saturated heterocycles. The maximum atomic E-state index is 12.0. The standard InChI is InChI=1S/C14H24N2O4/c1-5-7-19-9-10-15-11(13(17)20-8-6-2)12(16-10)14(3,4)18/h18H,5-9H2,1-4H3,(H,15,16). The second-order valence-corrected chi connectivity index (χ2v) is 5.15. The zero-order valence-electron chi connectivity index (χ0n) is 12.7. The number of hydrogen-bond acceptors (Lipinski definition) is 5. The van der Waals surface area contributed by atoms with Gasteiger partial charge in [-0.2, -0.15) is 0 Å². The molecule has 0 saturated carbocycles. The zero-order valence-corrected chi connectivity index (χ0v) is 12.7. The Hall–Kier alpha value is -1.40. The van der Waals surface area contributed by atoms with Crippen LogP contribution in [-0.4, -0.2) is 34.3 Å². The maximum Gasteiger partial charge on any atom is 0.358 e. The number of aliphatic hydroxyl groups is 1. The molecule has 0 unspecified atom stereocenters. The van der Waals surface area contributed by atoms with Gasteiger partial charge in [-0.05, 0) is 26.7 Å². The number of aromatic nitrogens is 2. The predicted molar refractivity (Wildman–Crippen MR) is 74.4 cm³/mol. The van der Waals surface area contributed by atoms with E-state index in [0.29, 0.717) is 24.7 Å². The topological polar surface area (TPSA) is 84.4 Å². The first-order valence-corrected chi connectivity index (χ1v) is 6.96. The van der Waals surface area contributed by atoms with Crippen LogP contribution in [0.1, 0.15) is 62.5 Å². The first kappa shape index (κ1) is 16.7. The van der Waals surface area contributed by atoms with Crippen LogP contribution in [0.15, 0.2) is 0 Å². The van der Waals surface area contributed by atoms with E-state index >= 15 is 0 Å². The lowest BCUT2D eigenvalue weighted by atomic mass is 10.0. The fourth-order valence-electron chi connectivity index (χ4n) is 1.66. The summed E-state index contributed by atoms with van der Waals surface area (Å²) in [6.45, 7) is 8.34. The van der Waals surface area contributed by atoms with Crippen LogP contribution in [-0.2, 0) is 21.7 Å². The van der Waals surface area contributed by atoms with Gasteiger partial charge in [-0.25, -0.2) is 9.78 Å². The van der Waals surface area contributed by atoms with Crippen molar-refractivity contribution in [3.8, 4) is 0 Å². The lowest BCUT2D eigenvalue weighted by molar-refractivity contribution is 0.0457. The van der Waals surface area contributed by atoms with Gasteiger partial charge in [-0.15, -0.1) is 0 Å². The number of nitrogens with zero attached hydrogens (tertiary/aromatic N) is 1. The van der Waals surface area contributed by atoms with Crippen molar-refractivity contribution in [1.29, 1.82) is 0 Å². The number of ether oxygens (including phenoxy) is 2. The van der Waals surface area contributed by atoms with Crippen molar-refractivity contribution in [3.63, 3.8) is 0 Å². The minimum absolute atomic E-state index is 0.126. The highest BCUT2D eigenvalue weighted by atomic mass is 16.5. The summed E-state index contributed by atoms with van der Waals surface area (Å²) >= 11 is 0. The number of imidazole rings is 1. The highest BCUT2D eigenvalue weighted by molar-refractivity contribution is 5.89. The van der Waals surface area contributed by atoms with Gasteiger partial charge in [0, 0.05) is 6.61 Å². The normalized spacial score (nSPS) is 11.7. The van der Waals surface area contributed by atoms with Crippen molar-refractivity contribution in [2.75, 3.05) is 13.2 Å². The van der Waals surface area contributed by atoms with E-state index in [9.17, 15) is 9.90 Å². The Kier molecular flexibility index (Phi) is 6.16. The summed E-state index contributed by atoms with van der Waals surface area (Å²) in [7, 11) is 0. The Morgan fingerprint density at radius 1 is 1.30 bits per heavy atom. The highest BCUT2D eigenvalue weighted by Gasteiger charge is 2.29. The van der Waals surface area contributed by atoms with E-state index in [-0.39, 0.29) is 12.3 Å². The molecule has 114 valence electrons. The van der Waals surface area contributed by atoms with Crippen LogP contribution < -0.4 is 0 Å². The summed E-state index contributed by atoms with van der Waals surface area (Å²) in [6.07, 6.45) is 1.64. The van der Waals surface area contributed by atoms with Crippen molar-refractivity contribution >= 4 is 5.97 Å². The monoisotopic (exact) mass is 284 g/mol. The van der Waals surface area contributed by atoms with Gasteiger partial charge in [-0.3, -0.25) is 0 Å². The van der Waals surface area contributed by atoms with Crippen molar-refractivity contribution in [2.45, 2.75) is 52.7 Å². The fourth-order valence-corrected chi connectivity index (χ4v) is 1.66. The number of esters is 1. The Labute approximate surface area is 119 Å². The van der Waals surface area contributed by atoms with E-state index in [1.807, 2.05) is 13.8 Å². The van der Waals surface area contributed by atoms with E-state index in [4.69, 9.17) is 9.47 Å². The molecule has 0 bridgehead atoms. The average molecular weight is 284 g/mol. The summed E-state index contributed by atoms with van der Waals surface area (Å²) < 4.78 is 10.5. The number of rotatable bonds is 8. The van der Waals surface area contributed by atoms with Crippen molar-refractivity contribution in [2.24, 2.45) is 0 Å². The molecule has 0 spiro atoms. The van der Waals surface area contributed by atoms with Crippen LogP contribution in [0, 0.1) is 0 Å². The molecule has 0 aliphatic heterocycles. The van der Waals surface area contributed by atoms with E-state index in [0.717, 1.165) is 12.8 Å². The molecule has 0 aromatic carbocycles. The molecule has 0 atom stereocenters. The van der Waals surface area contributed by atoms with Crippen molar-refractivity contribution in [3.05, 3.63) is 17.2 Å². The maximum absolute atomic E-state index is 12.0. The van der Waals surface area contributed by atoms with Gasteiger partial charge in [0.05, 0.1) is 12.3 Å². The number of carbonyl (C=O) groups excluding carboxylic acids is 1. The number of aromatic amines is 1. The van der Waals surface area contributed by atoms with E-state index in [1.54, 1.807) is 13.8 Å². The van der Waals surface area contributed by atoms with Crippen LogP contribution in [0.2, 0.25) is 0 Å². The first-order chi connectivity index (χ1) is 9.40. The SMILES string of the molecule is CCCOCc1nc(C(=O)OCCC)c(C(C)(C)O)[nH]1. The van der Waals surface area contributed by atoms with Crippen LogP contribution in [0.4, 0.5) is 0 Å². The summed E-state index contributed by atoms with van der Waals surface area (Å²) in [5.41, 5.74) is -0.717. The molecular weight excluding hydrogens is 260 g/mol. The number of hydrogen-bond donors (Lipinski definition) is 2. The minimum Gasteiger partial charge on any atom is -0.461 e. The number of H-pyrrole nitrogens is 1. The average Bonchev–Trinajstić information content (AvgIpc) is 2.80. The molecule has 2 N–H and O–H groups in total. The lowest BCUT2D eigenvalue weighted by Gasteiger charge is -2.16. The molecule has 20 heavy (non-hydrogen) atoms. The van der Waals surface area contributed by atoms with E-state index in [2.05, 4.69) is 9.97 Å². The van der Waals surface area contributed by atoms with Gasteiger partial charge in [0.2, 0.25) is 0 Å². The molecule has 1 aromatic rings. The van der Waals surface area contributed by atoms with E-state index < -0.39 is 11.6 Å². The molecule has 0 amide bonds. The van der Waals surface area contributed by atoms with E-state index in [1.165, 1.54) is 0 Å². The number of nitrogens with one attached hydrogen (secondary N) is 1. The predicted octanol–water partition coefficient (Wildman–Crippen LogP) is 2.13. The van der Waals surface area contributed by atoms with Gasteiger partial charge < -0.3 is 19.6 Å². The van der Waals surface area contributed by atoms with Crippen molar-refractivity contribution < 1.29 is 19.4 Å². The summed E-state index contributed by atoms with van der Waals surface area (Å²) in [4.78, 5) is 19.1. The Bertz CT molecular complexity index is 435. The van der Waals surface area contributed by atoms with Crippen LogP contribution in [0.5, 0.6) is 0 Å². The van der Waals surface area contributed by atoms with Gasteiger partial charge in [0.1, 0.15) is 18.0 Å². The van der Waals surface area contributed by atoms with Gasteiger partial charge in [0.15, 0.2) is 5.69 Å². The third-order valence-corrected chi connectivity index (χ3v) is 2.58. The van der Waals surface area contributed by atoms with Crippen LogP contribution in [0.3, 0.4) is 0 Å². The number of carbonyl (C=O) groups is 1. The largest absolute Gasteiger partial charge is 0.461 e. The van der Waals surface area contributed by atoms with Crippen LogP contribution in [0.25, 0.3) is 0 Å². The quantitative estimate of drug-likeness (QED) is 0.564. The summed E-state index contributed by atoms with van der Waals surface area (Å²) in [5.74, 6) is -0.0130. The molecular formula is C14H24N2O4. The molecule has 6 nitrogen and oxygen atoms in total. The molecule has 0 aliphatic carbocycles. The Balaban J connectivity index is 2.92. The smallest absolute Gasteiger partial charge is 0.358 e. The highest BCUT2D eigenvalue weighted by Crippen LogP contribution is 2.22. The molecule has 1 heterocycles. The van der Waals surface area contributed by atoms with Crippen LogP contribution >= 0.6 is 0 Å². The summed E-state index contributed by atoms with van der Waals surface area (Å²) in [6, 6.07) is 0. The molecule has 1 aromatic heterocycles. The Morgan fingerprint density at radius 3 is 2.50 bits per heavy atom. The third kappa shape index (κ3) is 4.61. The zero-order chi connectivity index (χ0) is 15.2.